The van der Waals surface area contributed by atoms with Gasteiger partial charge in [-0.05, 0) is 32.3 Å². The van der Waals surface area contributed by atoms with Gasteiger partial charge in [0.05, 0.1) is 5.76 Å². The number of nitrogens with one attached hydrogen (secondary N) is 1. The van der Waals surface area contributed by atoms with Crippen LogP contribution in [0.3, 0.4) is 0 Å². The van der Waals surface area contributed by atoms with Crippen molar-refractivity contribution in [1.82, 2.24) is 5.32 Å². The van der Waals surface area contributed by atoms with Crippen LogP contribution in [0.1, 0.15) is 26.2 Å². The van der Waals surface area contributed by atoms with Crippen molar-refractivity contribution in [1.29, 1.82) is 0 Å². The van der Waals surface area contributed by atoms with Crippen LogP contribution in [0.5, 0.6) is 0 Å². The summed E-state index contributed by atoms with van der Waals surface area (Å²) in [5.74, 6) is 0.416. The SMILES string of the molecule is CCOC(O)C1CNC2CCCC=C(O)C21. The molecule has 1 saturated heterocycles. The Hall–Kier alpha value is -0.580. The van der Waals surface area contributed by atoms with E-state index in [1.165, 1.54) is 0 Å². The molecule has 0 spiro atoms. The third kappa shape index (κ3) is 2.24. The van der Waals surface area contributed by atoms with Gasteiger partial charge < -0.3 is 20.3 Å². The molecule has 0 aromatic heterocycles. The van der Waals surface area contributed by atoms with Crippen molar-refractivity contribution < 1.29 is 14.9 Å². The van der Waals surface area contributed by atoms with Crippen molar-refractivity contribution in [2.45, 2.75) is 38.5 Å². The van der Waals surface area contributed by atoms with E-state index < -0.39 is 6.29 Å². The van der Waals surface area contributed by atoms with Crippen LogP contribution in [0.2, 0.25) is 0 Å². The highest BCUT2D eigenvalue weighted by molar-refractivity contribution is 5.10. The molecular weight excluding hydrogens is 206 g/mol. The van der Waals surface area contributed by atoms with E-state index in [2.05, 4.69) is 5.32 Å². The summed E-state index contributed by atoms with van der Waals surface area (Å²) in [6.45, 7) is 3.08. The standard InChI is InChI=1S/C12H21NO3/c1-2-16-12(15)8-7-13-9-5-3-4-6-10(14)11(8)9/h6,8-9,11-15H,2-5,7H2,1H3. The Bertz CT molecular complexity index is 267. The lowest BCUT2D eigenvalue weighted by molar-refractivity contribution is -0.135. The Balaban J connectivity index is 2.10. The van der Waals surface area contributed by atoms with Crippen molar-refractivity contribution in [2.75, 3.05) is 13.2 Å². The van der Waals surface area contributed by atoms with Gasteiger partial charge in [-0.2, -0.15) is 0 Å². The van der Waals surface area contributed by atoms with Crippen LogP contribution in [-0.4, -0.2) is 35.7 Å². The molecule has 0 amide bonds. The summed E-state index contributed by atoms with van der Waals surface area (Å²) in [7, 11) is 0. The zero-order valence-corrected chi connectivity index (χ0v) is 9.72. The number of rotatable bonds is 3. The summed E-state index contributed by atoms with van der Waals surface area (Å²) in [4.78, 5) is 0. The molecule has 4 heteroatoms. The minimum Gasteiger partial charge on any atom is -0.512 e. The van der Waals surface area contributed by atoms with Crippen molar-refractivity contribution in [3.05, 3.63) is 11.8 Å². The summed E-state index contributed by atoms with van der Waals surface area (Å²) >= 11 is 0. The first-order valence-electron chi connectivity index (χ1n) is 6.16. The van der Waals surface area contributed by atoms with E-state index >= 15 is 0 Å². The van der Waals surface area contributed by atoms with Gasteiger partial charge in [0, 0.05) is 31.0 Å². The van der Waals surface area contributed by atoms with Crippen molar-refractivity contribution >= 4 is 0 Å². The monoisotopic (exact) mass is 227 g/mol. The zero-order valence-electron chi connectivity index (χ0n) is 9.72. The Morgan fingerprint density at radius 2 is 2.44 bits per heavy atom. The molecule has 4 atom stereocenters. The molecule has 16 heavy (non-hydrogen) atoms. The Morgan fingerprint density at radius 1 is 1.62 bits per heavy atom. The highest BCUT2D eigenvalue weighted by Gasteiger charge is 2.42. The quantitative estimate of drug-likeness (QED) is 0.633. The van der Waals surface area contributed by atoms with Crippen LogP contribution in [0.4, 0.5) is 0 Å². The average molecular weight is 227 g/mol. The molecule has 0 radical (unpaired) electrons. The van der Waals surface area contributed by atoms with E-state index in [9.17, 15) is 10.2 Å². The molecule has 1 aliphatic carbocycles. The van der Waals surface area contributed by atoms with Crippen LogP contribution in [0.25, 0.3) is 0 Å². The fourth-order valence-electron chi connectivity index (χ4n) is 2.84. The van der Waals surface area contributed by atoms with Gasteiger partial charge in [0.25, 0.3) is 0 Å². The molecule has 3 N–H and O–H groups in total. The van der Waals surface area contributed by atoms with Crippen LogP contribution in [0.15, 0.2) is 11.8 Å². The predicted octanol–water partition coefficient (Wildman–Crippen LogP) is 1.17. The molecule has 0 saturated carbocycles. The molecule has 2 rings (SSSR count). The molecule has 0 bridgehead atoms. The van der Waals surface area contributed by atoms with Gasteiger partial charge in [0.15, 0.2) is 6.29 Å². The number of ether oxygens (including phenoxy) is 1. The molecular formula is C12H21NO3. The first-order valence-corrected chi connectivity index (χ1v) is 6.16. The van der Waals surface area contributed by atoms with Gasteiger partial charge in [-0.15, -0.1) is 0 Å². The van der Waals surface area contributed by atoms with Gasteiger partial charge in [-0.3, -0.25) is 0 Å². The van der Waals surface area contributed by atoms with Crippen LogP contribution >= 0.6 is 0 Å². The second kappa shape index (κ2) is 5.17. The Labute approximate surface area is 96.3 Å². The number of hydrogen-bond acceptors (Lipinski definition) is 4. The van der Waals surface area contributed by atoms with Gasteiger partial charge in [-0.25, -0.2) is 0 Å². The third-order valence-corrected chi connectivity index (χ3v) is 3.63. The fourth-order valence-corrected chi connectivity index (χ4v) is 2.84. The summed E-state index contributed by atoms with van der Waals surface area (Å²) in [5.41, 5.74) is 0. The number of fused-ring (bicyclic) bond motifs is 1. The number of hydrogen-bond donors (Lipinski definition) is 3. The Morgan fingerprint density at radius 3 is 3.19 bits per heavy atom. The van der Waals surface area contributed by atoms with Gasteiger partial charge in [0.1, 0.15) is 0 Å². The minimum absolute atomic E-state index is 0.0176. The third-order valence-electron chi connectivity index (χ3n) is 3.63. The predicted molar refractivity (Wildman–Crippen MR) is 61.0 cm³/mol. The lowest BCUT2D eigenvalue weighted by atomic mass is 9.87. The zero-order chi connectivity index (χ0) is 11.5. The van der Waals surface area contributed by atoms with Crippen molar-refractivity contribution in [3.63, 3.8) is 0 Å². The lowest BCUT2D eigenvalue weighted by Gasteiger charge is -2.25. The minimum atomic E-state index is -0.777. The second-order valence-electron chi connectivity index (χ2n) is 4.61. The van der Waals surface area contributed by atoms with Gasteiger partial charge in [0.2, 0.25) is 0 Å². The first kappa shape index (κ1) is 11.9. The molecule has 0 aromatic carbocycles. The molecule has 92 valence electrons. The summed E-state index contributed by atoms with van der Waals surface area (Å²) < 4.78 is 5.24. The fraction of sp³-hybridized carbons (Fsp3) is 0.833. The lowest BCUT2D eigenvalue weighted by Crippen LogP contribution is -2.32. The van der Waals surface area contributed by atoms with Crippen LogP contribution < -0.4 is 5.32 Å². The van der Waals surface area contributed by atoms with E-state index in [-0.39, 0.29) is 11.8 Å². The van der Waals surface area contributed by atoms with E-state index in [4.69, 9.17) is 4.74 Å². The van der Waals surface area contributed by atoms with Crippen molar-refractivity contribution in [3.8, 4) is 0 Å². The van der Waals surface area contributed by atoms with Gasteiger partial charge >= 0.3 is 0 Å². The summed E-state index contributed by atoms with van der Waals surface area (Å²) in [5, 5.41) is 23.3. The number of aliphatic hydroxyl groups excluding tert-OH is 2. The maximum Gasteiger partial charge on any atom is 0.159 e. The molecule has 1 aliphatic heterocycles. The van der Waals surface area contributed by atoms with Crippen LogP contribution in [-0.2, 0) is 4.74 Å². The normalized spacial score (nSPS) is 36.4. The molecule has 4 unspecified atom stereocenters. The largest absolute Gasteiger partial charge is 0.512 e. The number of aliphatic hydroxyl groups is 2. The highest BCUT2D eigenvalue weighted by Crippen LogP contribution is 2.35. The molecule has 2 aliphatic rings. The van der Waals surface area contributed by atoms with E-state index in [0.717, 1.165) is 19.3 Å². The van der Waals surface area contributed by atoms with Gasteiger partial charge in [-0.1, -0.05) is 0 Å². The molecule has 1 heterocycles. The molecule has 1 fully saturated rings. The maximum absolute atomic E-state index is 10.0. The molecule has 0 aromatic rings. The maximum atomic E-state index is 10.0. The first-order chi connectivity index (χ1) is 7.74. The van der Waals surface area contributed by atoms with Crippen LogP contribution in [0, 0.1) is 11.8 Å². The highest BCUT2D eigenvalue weighted by atomic mass is 16.6. The van der Waals surface area contributed by atoms with Crippen molar-refractivity contribution in [2.24, 2.45) is 11.8 Å². The average Bonchev–Trinajstić information content (AvgIpc) is 2.60. The van der Waals surface area contributed by atoms with E-state index in [0.29, 0.717) is 25.0 Å². The van der Waals surface area contributed by atoms with E-state index in [1.807, 2.05) is 13.0 Å². The number of allylic oxidation sites excluding steroid dienone is 1. The summed E-state index contributed by atoms with van der Waals surface area (Å²) in [6, 6.07) is 0.291. The van der Waals surface area contributed by atoms with E-state index in [1.54, 1.807) is 0 Å². The smallest absolute Gasteiger partial charge is 0.159 e. The topological polar surface area (TPSA) is 61.7 Å². The molecule has 4 nitrogen and oxygen atoms in total. The second-order valence-corrected chi connectivity index (χ2v) is 4.61. The summed E-state index contributed by atoms with van der Waals surface area (Å²) in [6.07, 6.45) is 4.19. The Kier molecular flexibility index (Phi) is 3.84.